The van der Waals surface area contributed by atoms with Crippen LogP contribution in [0, 0.1) is 0 Å². The molecular formula is C11H14O3. The molecule has 3 nitrogen and oxygen atoms in total. The summed E-state index contributed by atoms with van der Waals surface area (Å²) in [6.45, 7) is 0.536. The number of benzene rings is 1. The molecule has 76 valence electrons. The zero-order valence-electron chi connectivity index (χ0n) is 7.94. The van der Waals surface area contributed by atoms with E-state index in [1.807, 2.05) is 12.1 Å². The maximum Gasteiger partial charge on any atom is 0.122 e. The summed E-state index contributed by atoms with van der Waals surface area (Å²) in [6.07, 6.45) is 1.23. The number of aryl methyl sites for hydroxylation is 1. The van der Waals surface area contributed by atoms with E-state index in [1.165, 1.54) is 0 Å². The first kappa shape index (κ1) is 9.49. The average molecular weight is 194 g/mol. The summed E-state index contributed by atoms with van der Waals surface area (Å²) in [7, 11) is 0. The first-order chi connectivity index (χ1) is 6.81. The van der Waals surface area contributed by atoms with Gasteiger partial charge in [-0.25, -0.2) is 0 Å². The van der Waals surface area contributed by atoms with E-state index < -0.39 is 6.10 Å². The molecule has 2 rings (SSSR count). The van der Waals surface area contributed by atoms with E-state index >= 15 is 0 Å². The summed E-state index contributed by atoms with van der Waals surface area (Å²) in [6, 6.07) is 5.57. The van der Waals surface area contributed by atoms with Gasteiger partial charge in [-0.1, -0.05) is 6.07 Å². The molecule has 1 unspecified atom stereocenters. The molecule has 3 heteroatoms. The second kappa shape index (κ2) is 3.98. The largest absolute Gasteiger partial charge is 0.493 e. The Morgan fingerprint density at radius 3 is 3.07 bits per heavy atom. The highest BCUT2D eigenvalue weighted by Gasteiger charge is 2.13. The predicted octanol–water partition coefficient (Wildman–Crippen LogP) is 1.04. The van der Waals surface area contributed by atoms with E-state index in [9.17, 15) is 5.11 Å². The Labute approximate surface area is 83.0 Å². The van der Waals surface area contributed by atoms with Crippen LogP contribution in [0.15, 0.2) is 18.2 Å². The first-order valence-electron chi connectivity index (χ1n) is 4.86. The van der Waals surface area contributed by atoms with Gasteiger partial charge in [0.2, 0.25) is 0 Å². The molecule has 0 radical (unpaired) electrons. The zero-order chi connectivity index (χ0) is 9.97. The van der Waals surface area contributed by atoms with E-state index in [-0.39, 0.29) is 6.61 Å². The molecule has 0 amide bonds. The van der Waals surface area contributed by atoms with Crippen molar-refractivity contribution in [2.24, 2.45) is 0 Å². The molecule has 1 aliphatic rings. The van der Waals surface area contributed by atoms with Crippen molar-refractivity contribution in [1.29, 1.82) is 0 Å². The molecule has 2 N–H and O–H groups in total. The van der Waals surface area contributed by atoms with Crippen LogP contribution in [-0.4, -0.2) is 23.4 Å². The molecule has 0 spiro atoms. The Morgan fingerprint density at radius 2 is 2.29 bits per heavy atom. The molecule has 1 aliphatic heterocycles. The number of hydrogen-bond donors (Lipinski definition) is 2. The van der Waals surface area contributed by atoms with E-state index in [4.69, 9.17) is 9.84 Å². The second-order valence-electron chi connectivity index (χ2n) is 3.52. The van der Waals surface area contributed by atoms with Crippen molar-refractivity contribution in [3.05, 3.63) is 29.3 Å². The van der Waals surface area contributed by atoms with Gasteiger partial charge in [0.1, 0.15) is 11.9 Å². The fourth-order valence-corrected chi connectivity index (χ4v) is 1.69. The van der Waals surface area contributed by atoms with Crippen LogP contribution in [0.5, 0.6) is 5.75 Å². The lowest BCUT2D eigenvalue weighted by Gasteiger charge is -2.18. The Kier molecular flexibility index (Phi) is 2.70. The van der Waals surface area contributed by atoms with Crippen molar-refractivity contribution in [3.8, 4) is 5.75 Å². The van der Waals surface area contributed by atoms with Crippen LogP contribution in [0.4, 0.5) is 0 Å². The van der Waals surface area contributed by atoms with Crippen LogP contribution >= 0.6 is 0 Å². The van der Waals surface area contributed by atoms with Crippen molar-refractivity contribution >= 4 is 0 Å². The normalized spacial score (nSPS) is 17.0. The maximum atomic E-state index is 9.44. The number of aliphatic hydroxyl groups excluding tert-OH is 2. The van der Waals surface area contributed by atoms with Gasteiger partial charge in [0, 0.05) is 0 Å². The van der Waals surface area contributed by atoms with Crippen molar-refractivity contribution in [3.63, 3.8) is 0 Å². The molecule has 1 aromatic carbocycles. The smallest absolute Gasteiger partial charge is 0.122 e. The van der Waals surface area contributed by atoms with Crippen molar-refractivity contribution in [1.82, 2.24) is 0 Å². The maximum absolute atomic E-state index is 9.44. The lowest BCUT2D eigenvalue weighted by atomic mass is 10.0. The van der Waals surface area contributed by atoms with E-state index in [1.54, 1.807) is 6.07 Å². The quantitative estimate of drug-likeness (QED) is 0.739. The van der Waals surface area contributed by atoms with Crippen LogP contribution in [0.3, 0.4) is 0 Å². The highest BCUT2D eigenvalue weighted by molar-refractivity contribution is 5.39. The minimum atomic E-state index is -0.776. The molecule has 0 aliphatic carbocycles. The third-order valence-electron chi connectivity index (χ3n) is 2.49. The van der Waals surface area contributed by atoms with Gasteiger partial charge in [-0.2, -0.15) is 0 Å². The number of aliphatic hydroxyl groups is 2. The highest BCUT2D eigenvalue weighted by atomic mass is 16.5. The Balaban J connectivity index is 2.29. The molecular weight excluding hydrogens is 180 g/mol. The van der Waals surface area contributed by atoms with Crippen LogP contribution in [-0.2, 0) is 6.42 Å². The first-order valence-corrected chi connectivity index (χ1v) is 4.86. The summed E-state index contributed by atoms with van der Waals surface area (Å²) < 4.78 is 5.45. The Morgan fingerprint density at radius 1 is 1.43 bits per heavy atom. The van der Waals surface area contributed by atoms with Crippen molar-refractivity contribution in [2.45, 2.75) is 18.9 Å². The third kappa shape index (κ3) is 1.74. The summed E-state index contributed by atoms with van der Waals surface area (Å²) in [5, 5.41) is 18.3. The second-order valence-corrected chi connectivity index (χ2v) is 3.52. The van der Waals surface area contributed by atoms with Crippen molar-refractivity contribution < 1.29 is 14.9 Å². The summed E-state index contributed by atoms with van der Waals surface area (Å²) >= 11 is 0. The van der Waals surface area contributed by atoms with Gasteiger partial charge in [-0.05, 0) is 36.1 Å². The topological polar surface area (TPSA) is 49.7 Å². The minimum Gasteiger partial charge on any atom is -0.493 e. The third-order valence-corrected chi connectivity index (χ3v) is 2.49. The highest BCUT2D eigenvalue weighted by Crippen LogP contribution is 2.27. The van der Waals surface area contributed by atoms with Crippen LogP contribution < -0.4 is 4.74 Å². The SMILES string of the molecule is OCC(O)c1ccc2c(c1)CCCO2. The van der Waals surface area contributed by atoms with E-state index in [0.29, 0.717) is 0 Å². The molecule has 1 aromatic rings. The molecule has 0 saturated carbocycles. The molecule has 14 heavy (non-hydrogen) atoms. The van der Waals surface area contributed by atoms with E-state index in [0.717, 1.165) is 36.3 Å². The predicted molar refractivity (Wildman–Crippen MR) is 52.3 cm³/mol. The standard InChI is InChI=1S/C11H14O3/c12-7-10(13)8-3-4-11-9(6-8)2-1-5-14-11/h3-4,6,10,12-13H,1-2,5,7H2. The van der Waals surface area contributed by atoms with Crippen molar-refractivity contribution in [2.75, 3.05) is 13.2 Å². The fraction of sp³-hybridized carbons (Fsp3) is 0.455. The average Bonchev–Trinajstić information content (AvgIpc) is 2.27. The Hall–Kier alpha value is -1.06. The van der Waals surface area contributed by atoms with Gasteiger partial charge in [0.15, 0.2) is 0 Å². The molecule has 0 fully saturated rings. The molecule has 0 bridgehead atoms. The zero-order valence-corrected chi connectivity index (χ0v) is 7.94. The number of hydrogen-bond acceptors (Lipinski definition) is 3. The molecule has 0 saturated heterocycles. The van der Waals surface area contributed by atoms with Crippen LogP contribution in [0.25, 0.3) is 0 Å². The molecule has 1 heterocycles. The lowest BCUT2D eigenvalue weighted by Crippen LogP contribution is -2.10. The summed E-state index contributed by atoms with van der Waals surface area (Å²) in [5.41, 5.74) is 1.89. The van der Waals surface area contributed by atoms with Gasteiger partial charge in [0.25, 0.3) is 0 Å². The molecule has 1 atom stereocenters. The van der Waals surface area contributed by atoms with Crippen LogP contribution in [0.1, 0.15) is 23.7 Å². The van der Waals surface area contributed by atoms with Gasteiger partial charge in [-0.15, -0.1) is 0 Å². The Bertz CT molecular complexity index is 322. The lowest BCUT2D eigenvalue weighted by molar-refractivity contribution is 0.0954. The summed E-state index contributed by atoms with van der Waals surface area (Å²) in [4.78, 5) is 0. The van der Waals surface area contributed by atoms with Gasteiger partial charge in [-0.3, -0.25) is 0 Å². The summed E-state index contributed by atoms with van der Waals surface area (Å²) in [5.74, 6) is 0.908. The number of ether oxygens (including phenoxy) is 1. The number of fused-ring (bicyclic) bond motifs is 1. The van der Waals surface area contributed by atoms with Gasteiger partial charge in [0.05, 0.1) is 13.2 Å². The van der Waals surface area contributed by atoms with E-state index in [2.05, 4.69) is 0 Å². The minimum absolute atomic E-state index is 0.236. The number of rotatable bonds is 2. The van der Waals surface area contributed by atoms with Crippen LogP contribution in [0.2, 0.25) is 0 Å². The van der Waals surface area contributed by atoms with Gasteiger partial charge < -0.3 is 14.9 Å². The monoisotopic (exact) mass is 194 g/mol. The van der Waals surface area contributed by atoms with Gasteiger partial charge >= 0.3 is 0 Å². The molecule has 0 aromatic heterocycles. The fourth-order valence-electron chi connectivity index (χ4n) is 1.69.